The van der Waals surface area contributed by atoms with E-state index in [1.54, 1.807) is 6.07 Å². The van der Waals surface area contributed by atoms with E-state index in [4.69, 9.17) is 4.74 Å². The van der Waals surface area contributed by atoms with E-state index in [1.807, 2.05) is 13.0 Å². The molecule has 0 aliphatic carbocycles. The fraction of sp³-hybridized carbons (Fsp3) is 0.611. The van der Waals surface area contributed by atoms with Crippen molar-refractivity contribution in [2.24, 2.45) is 4.99 Å². The highest BCUT2D eigenvalue weighted by molar-refractivity contribution is 14.0. The number of benzene rings is 1. The Labute approximate surface area is 179 Å². The third-order valence-corrected chi connectivity index (χ3v) is 4.19. The van der Waals surface area contributed by atoms with Crippen molar-refractivity contribution in [1.29, 1.82) is 0 Å². The molecular formula is C18H27F4IN4O. The summed E-state index contributed by atoms with van der Waals surface area (Å²) in [7, 11) is 0. The summed E-state index contributed by atoms with van der Waals surface area (Å²) in [6.07, 6.45) is -5.16. The average Bonchev–Trinajstić information content (AvgIpc) is 2.62. The summed E-state index contributed by atoms with van der Waals surface area (Å²) < 4.78 is 56.1. The second-order valence-corrected chi connectivity index (χ2v) is 6.23. The van der Waals surface area contributed by atoms with Crippen LogP contribution in [0.2, 0.25) is 0 Å². The standard InChI is InChI=1S/C18H26F4N4O.HI/c1-2-23-17(24-7-6-18(20,21)22)25-13-16(26-8-10-27-11-9-26)14-4-3-5-15(19)12-14;/h3-5,12,16H,2,6-11,13H2,1H3,(H2,23,24,25);1H. The van der Waals surface area contributed by atoms with Crippen LogP contribution in [0.5, 0.6) is 0 Å². The summed E-state index contributed by atoms with van der Waals surface area (Å²) in [5.74, 6) is -0.0126. The van der Waals surface area contributed by atoms with Gasteiger partial charge in [-0.1, -0.05) is 12.1 Å². The molecule has 1 atom stereocenters. The summed E-state index contributed by atoms with van der Waals surface area (Å²) in [6.45, 7) is 4.96. The second-order valence-electron chi connectivity index (χ2n) is 6.23. The molecule has 0 radical (unpaired) electrons. The minimum Gasteiger partial charge on any atom is -0.379 e. The van der Waals surface area contributed by atoms with Crippen molar-refractivity contribution in [3.8, 4) is 0 Å². The van der Waals surface area contributed by atoms with Gasteiger partial charge in [0.1, 0.15) is 5.82 Å². The van der Waals surface area contributed by atoms with Crippen LogP contribution < -0.4 is 10.6 Å². The zero-order valence-corrected chi connectivity index (χ0v) is 18.1. The highest BCUT2D eigenvalue weighted by atomic mass is 127. The van der Waals surface area contributed by atoms with Gasteiger partial charge in [-0.15, -0.1) is 24.0 Å². The molecule has 1 aromatic carbocycles. The van der Waals surface area contributed by atoms with Gasteiger partial charge in [0.25, 0.3) is 0 Å². The van der Waals surface area contributed by atoms with Gasteiger partial charge in [0.15, 0.2) is 5.96 Å². The van der Waals surface area contributed by atoms with Crippen LogP contribution in [0.1, 0.15) is 24.9 Å². The number of hydrogen-bond acceptors (Lipinski definition) is 3. The van der Waals surface area contributed by atoms with Crippen molar-refractivity contribution < 1.29 is 22.3 Å². The smallest absolute Gasteiger partial charge is 0.379 e. The van der Waals surface area contributed by atoms with E-state index in [0.717, 1.165) is 5.56 Å². The summed E-state index contributed by atoms with van der Waals surface area (Å²) in [5, 5.41) is 5.64. The minimum absolute atomic E-state index is 0. The number of hydrogen-bond donors (Lipinski definition) is 2. The highest BCUT2D eigenvalue weighted by Gasteiger charge is 2.26. The van der Waals surface area contributed by atoms with Gasteiger partial charge in [-0.05, 0) is 24.6 Å². The summed E-state index contributed by atoms with van der Waals surface area (Å²) in [4.78, 5) is 6.59. The zero-order valence-electron chi connectivity index (χ0n) is 15.8. The predicted molar refractivity (Wildman–Crippen MR) is 112 cm³/mol. The highest BCUT2D eigenvalue weighted by Crippen LogP contribution is 2.23. The number of alkyl halides is 3. The quantitative estimate of drug-likeness (QED) is 0.252. The number of nitrogens with zero attached hydrogens (tertiary/aromatic N) is 2. The van der Waals surface area contributed by atoms with Gasteiger partial charge in [0.2, 0.25) is 0 Å². The van der Waals surface area contributed by atoms with E-state index in [-0.39, 0.29) is 42.4 Å². The van der Waals surface area contributed by atoms with Crippen LogP contribution in [0.4, 0.5) is 17.6 Å². The number of morpholine rings is 1. The van der Waals surface area contributed by atoms with E-state index in [2.05, 4.69) is 20.5 Å². The molecule has 2 rings (SSSR count). The molecule has 1 aliphatic heterocycles. The molecule has 10 heteroatoms. The van der Waals surface area contributed by atoms with E-state index < -0.39 is 12.6 Å². The topological polar surface area (TPSA) is 48.9 Å². The molecule has 1 unspecified atom stereocenters. The molecule has 1 saturated heterocycles. The third kappa shape index (κ3) is 8.91. The van der Waals surface area contributed by atoms with Gasteiger partial charge in [0, 0.05) is 26.2 Å². The van der Waals surface area contributed by atoms with Gasteiger partial charge < -0.3 is 15.4 Å². The first-order valence-electron chi connectivity index (χ1n) is 9.05. The fourth-order valence-electron chi connectivity index (χ4n) is 2.88. The molecule has 5 nitrogen and oxygen atoms in total. The predicted octanol–water partition coefficient (Wildman–Crippen LogP) is 3.32. The Bertz CT molecular complexity index is 609. The molecule has 1 heterocycles. The van der Waals surface area contributed by atoms with Gasteiger partial charge in [-0.2, -0.15) is 13.2 Å². The fourth-order valence-corrected chi connectivity index (χ4v) is 2.88. The molecule has 0 spiro atoms. The Morgan fingerprint density at radius 3 is 2.57 bits per heavy atom. The number of nitrogens with one attached hydrogen (secondary N) is 2. The first-order valence-corrected chi connectivity index (χ1v) is 9.05. The number of aliphatic imine (C=N–C) groups is 1. The Morgan fingerprint density at radius 1 is 1.25 bits per heavy atom. The van der Waals surface area contributed by atoms with Crippen molar-refractivity contribution in [2.75, 3.05) is 45.9 Å². The molecule has 2 N–H and O–H groups in total. The maximum atomic E-state index is 13.7. The number of ether oxygens (including phenoxy) is 1. The molecule has 0 amide bonds. The van der Waals surface area contributed by atoms with Crippen molar-refractivity contribution in [3.05, 3.63) is 35.6 Å². The lowest BCUT2D eigenvalue weighted by Crippen LogP contribution is -2.42. The van der Waals surface area contributed by atoms with E-state index >= 15 is 0 Å². The summed E-state index contributed by atoms with van der Waals surface area (Å²) in [5.41, 5.74) is 0.784. The monoisotopic (exact) mass is 518 g/mol. The van der Waals surface area contributed by atoms with Gasteiger partial charge in [-0.25, -0.2) is 4.39 Å². The van der Waals surface area contributed by atoms with E-state index in [9.17, 15) is 17.6 Å². The molecule has 0 aromatic heterocycles. The lowest BCUT2D eigenvalue weighted by atomic mass is 10.0. The molecule has 1 fully saturated rings. The second kappa shape index (κ2) is 12.4. The van der Waals surface area contributed by atoms with Crippen molar-refractivity contribution in [3.63, 3.8) is 0 Å². The molecule has 1 aliphatic rings. The molecule has 0 saturated carbocycles. The van der Waals surface area contributed by atoms with Crippen LogP contribution in [0.25, 0.3) is 0 Å². The Kier molecular flexibility index (Phi) is 11.1. The summed E-state index contributed by atoms with van der Waals surface area (Å²) >= 11 is 0. The normalized spacial score (nSPS) is 17.0. The van der Waals surface area contributed by atoms with Gasteiger partial charge in [-0.3, -0.25) is 9.89 Å². The summed E-state index contributed by atoms with van der Waals surface area (Å²) in [6, 6.07) is 6.16. The average molecular weight is 518 g/mol. The molecular weight excluding hydrogens is 491 g/mol. The van der Waals surface area contributed by atoms with Gasteiger partial charge in [0.05, 0.1) is 32.2 Å². The van der Waals surface area contributed by atoms with Crippen LogP contribution >= 0.6 is 24.0 Å². The molecule has 1 aromatic rings. The van der Waals surface area contributed by atoms with Crippen LogP contribution in [0.3, 0.4) is 0 Å². The lowest BCUT2D eigenvalue weighted by Gasteiger charge is -2.34. The minimum atomic E-state index is -4.22. The number of guanidine groups is 1. The maximum absolute atomic E-state index is 13.7. The van der Waals surface area contributed by atoms with Crippen LogP contribution in [-0.4, -0.2) is 63.0 Å². The maximum Gasteiger partial charge on any atom is 0.390 e. The van der Waals surface area contributed by atoms with Crippen molar-refractivity contribution in [1.82, 2.24) is 15.5 Å². The van der Waals surface area contributed by atoms with Crippen LogP contribution in [0, 0.1) is 5.82 Å². The van der Waals surface area contributed by atoms with E-state index in [0.29, 0.717) is 45.4 Å². The Morgan fingerprint density at radius 2 is 1.96 bits per heavy atom. The Balaban J connectivity index is 0.00000392. The van der Waals surface area contributed by atoms with Crippen LogP contribution in [-0.2, 0) is 4.74 Å². The zero-order chi connectivity index (χ0) is 19.7. The van der Waals surface area contributed by atoms with Gasteiger partial charge >= 0.3 is 6.18 Å². The first kappa shape index (κ1) is 24.9. The molecule has 0 bridgehead atoms. The largest absolute Gasteiger partial charge is 0.390 e. The van der Waals surface area contributed by atoms with Crippen LogP contribution in [0.15, 0.2) is 29.3 Å². The number of halogens is 5. The lowest BCUT2D eigenvalue weighted by molar-refractivity contribution is -0.132. The third-order valence-electron chi connectivity index (χ3n) is 4.19. The SMILES string of the molecule is CCNC(=NCC(c1cccc(F)c1)N1CCOCC1)NCCC(F)(F)F.I. The first-order chi connectivity index (χ1) is 12.9. The Hall–Kier alpha value is -1.14. The number of rotatable bonds is 7. The van der Waals surface area contributed by atoms with Crippen molar-refractivity contribution >= 4 is 29.9 Å². The van der Waals surface area contributed by atoms with E-state index in [1.165, 1.54) is 12.1 Å². The molecule has 28 heavy (non-hydrogen) atoms. The van der Waals surface area contributed by atoms with Crippen molar-refractivity contribution in [2.45, 2.75) is 25.6 Å². The molecule has 160 valence electrons.